The summed E-state index contributed by atoms with van der Waals surface area (Å²) in [6.07, 6.45) is -3.45. The summed E-state index contributed by atoms with van der Waals surface area (Å²) in [6, 6.07) is 0. The first-order chi connectivity index (χ1) is 12.6. The van der Waals surface area contributed by atoms with E-state index in [1.165, 1.54) is 25.5 Å². The van der Waals surface area contributed by atoms with E-state index in [4.69, 9.17) is 18.9 Å². The van der Waals surface area contributed by atoms with Crippen LogP contribution >= 0.6 is 54.5 Å². The predicted octanol–water partition coefficient (Wildman–Crippen LogP) is 1.93. The summed E-state index contributed by atoms with van der Waals surface area (Å²) in [5, 5.41) is 4.20. The average Bonchev–Trinajstić information content (AvgIpc) is 2.87. The van der Waals surface area contributed by atoms with Crippen molar-refractivity contribution in [2.45, 2.75) is 49.2 Å². The summed E-state index contributed by atoms with van der Waals surface area (Å²) in [6.45, 7) is 3.53. The lowest BCUT2D eigenvalue weighted by Gasteiger charge is -2.43. The smallest absolute Gasteiger partial charge is 0.303 e. The molecule has 10 nitrogen and oxygen atoms in total. The third-order valence-electron chi connectivity index (χ3n) is 3.45. The Kier molecular flexibility index (Phi) is 8.00. The molecule has 0 spiro atoms. The van der Waals surface area contributed by atoms with Crippen molar-refractivity contribution < 1.29 is 33.3 Å². The van der Waals surface area contributed by atoms with Gasteiger partial charge in [-0.1, -0.05) is 22.6 Å². The molecule has 13 heteroatoms. The molecule has 27 heavy (non-hydrogen) atoms. The molecule has 2 heterocycles. The highest BCUT2D eigenvalue weighted by molar-refractivity contribution is 14.1. The fraction of sp³-hybridized carbons (Fsp3) is 0.643. The molecule has 0 radical (unpaired) electrons. The van der Waals surface area contributed by atoms with Crippen LogP contribution in [-0.4, -0.2) is 61.5 Å². The van der Waals surface area contributed by atoms with Gasteiger partial charge in [-0.05, 0) is 31.9 Å². The maximum atomic E-state index is 11.6. The minimum absolute atomic E-state index is 0.196. The van der Waals surface area contributed by atoms with E-state index in [2.05, 4.69) is 41.9 Å². The molecule has 0 N–H and O–H groups in total. The molecule has 1 saturated heterocycles. The van der Waals surface area contributed by atoms with Crippen molar-refractivity contribution in [3.8, 4) is 0 Å². The molecule has 0 amide bonds. The molecule has 2 rings (SSSR count). The van der Waals surface area contributed by atoms with Gasteiger partial charge in [-0.3, -0.25) is 14.4 Å². The molecule has 0 aliphatic carbocycles. The standard InChI is InChI=1S/C14H16Br2IN3O7/c1-5(21)24-4-8-10(25-6(2)22)11(26-7(3)23)9(17)12(27-8)20-14(16)18-13(15)19-20/h8-12H,4H2,1-3H3/t8-,9+,10-,11-,12+/m1/s1. The van der Waals surface area contributed by atoms with Crippen LogP contribution in [0, 0.1) is 0 Å². The van der Waals surface area contributed by atoms with Gasteiger partial charge in [0.15, 0.2) is 23.2 Å². The quantitative estimate of drug-likeness (QED) is 0.210. The predicted molar refractivity (Wildman–Crippen MR) is 105 cm³/mol. The Hall–Kier alpha value is -0.800. The first-order valence-electron chi connectivity index (χ1n) is 7.65. The van der Waals surface area contributed by atoms with Gasteiger partial charge in [0.1, 0.15) is 12.7 Å². The highest BCUT2D eigenvalue weighted by Crippen LogP contribution is 2.38. The largest absolute Gasteiger partial charge is 0.463 e. The summed E-state index contributed by atoms with van der Waals surface area (Å²) in [7, 11) is 0. The Balaban J connectivity index is 2.40. The van der Waals surface area contributed by atoms with Crippen LogP contribution in [0.4, 0.5) is 0 Å². The van der Waals surface area contributed by atoms with Crippen LogP contribution in [0.15, 0.2) is 9.47 Å². The van der Waals surface area contributed by atoms with Crippen LogP contribution in [0.5, 0.6) is 0 Å². The molecule has 0 unspecified atom stereocenters. The summed E-state index contributed by atoms with van der Waals surface area (Å²) in [4.78, 5) is 38.5. The number of rotatable bonds is 5. The molecular formula is C14H16Br2IN3O7. The Morgan fingerprint density at radius 1 is 1.11 bits per heavy atom. The highest BCUT2D eigenvalue weighted by Gasteiger charge is 2.50. The summed E-state index contributed by atoms with van der Waals surface area (Å²) >= 11 is 8.50. The number of aromatic nitrogens is 3. The molecule has 1 aliphatic heterocycles. The molecule has 1 aromatic rings. The molecular weight excluding hydrogens is 609 g/mol. The second-order valence-corrected chi connectivity index (χ2v) is 8.41. The lowest BCUT2D eigenvalue weighted by molar-refractivity contribution is -0.224. The number of halogens is 3. The number of hydrogen-bond acceptors (Lipinski definition) is 9. The Bertz CT molecular complexity index is 732. The average molecular weight is 625 g/mol. The molecule has 1 aliphatic rings. The number of hydrogen-bond donors (Lipinski definition) is 0. The Morgan fingerprint density at radius 3 is 2.19 bits per heavy atom. The van der Waals surface area contributed by atoms with Crippen molar-refractivity contribution in [1.29, 1.82) is 0 Å². The highest BCUT2D eigenvalue weighted by atomic mass is 127. The lowest BCUT2D eigenvalue weighted by atomic mass is 10.00. The van der Waals surface area contributed by atoms with Crippen molar-refractivity contribution in [1.82, 2.24) is 14.8 Å². The van der Waals surface area contributed by atoms with Crippen molar-refractivity contribution in [2.24, 2.45) is 0 Å². The topological polar surface area (TPSA) is 119 Å². The van der Waals surface area contributed by atoms with E-state index in [1.807, 2.05) is 22.6 Å². The van der Waals surface area contributed by atoms with Crippen LogP contribution in [0.3, 0.4) is 0 Å². The van der Waals surface area contributed by atoms with Crippen molar-refractivity contribution >= 4 is 72.4 Å². The van der Waals surface area contributed by atoms with E-state index in [9.17, 15) is 14.4 Å². The van der Waals surface area contributed by atoms with E-state index < -0.39 is 46.4 Å². The van der Waals surface area contributed by atoms with Crippen LogP contribution in [0.1, 0.15) is 27.0 Å². The maximum Gasteiger partial charge on any atom is 0.303 e. The van der Waals surface area contributed by atoms with Gasteiger partial charge >= 0.3 is 17.9 Å². The minimum atomic E-state index is -0.963. The summed E-state index contributed by atoms with van der Waals surface area (Å²) in [5.74, 6) is -1.66. The van der Waals surface area contributed by atoms with Crippen LogP contribution < -0.4 is 0 Å². The Labute approximate surface area is 185 Å². The minimum Gasteiger partial charge on any atom is -0.463 e. The molecule has 0 aromatic carbocycles. The van der Waals surface area contributed by atoms with Gasteiger partial charge in [0.2, 0.25) is 4.73 Å². The molecule has 1 aromatic heterocycles. The van der Waals surface area contributed by atoms with Gasteiger partial charge in [-0.2, -0.15) is 4.98 Å². The number of carbonyl (C=O) groups is 3. The number of esters is 3. The van der Waals surface area contributed by atoms with Crippen LogP contribution in [0.25, 0.3) is 0 Å². The first kappa shape index (κ1) is 22.5. The van der Waals surface area contributed by atoms with Crippen LogP contribution in [-0.2, 0) is 33.3 Å². The number of ether oxygens (including phenoxy) is 4. The second-order valence-electron chi connectivity index (χ2n) is 5.55. The zero-order valence-electron chi connectivity index (χ0n) is 14.4. The molecule has 5 atom stereocenters. The number of alkyl halides is 1. The van der Waals surface area contributed by atoms with Gasteiger partial charge in [0.05, 0.1) is 3.92 Å². The SMILES string of the molecule is CC(=O)OC[C@H]1O[C@H](n2nc(Br)nc2Br)[C@@H](I)[C@@H](OC(C)=O)[C@@H]1OC(C)=O. The maximum absolute atomic E-state index is 11.6. The molecule has 0 saturated carbocycles. The summed E-state index contributed by atoms with van der Waals surface area (Å²) < 4.78 is 23.5. The van der Waals surface area contributed by atoms with Gasteiger partial charge < -0.3 is 18.9 Å². The van der Waals surface area contributed by atoms with Crippen molar-refractivity contribution in [2.75, 3.05) is 6.61 Å². The monoisotopic (exact) mass is 623 g/mol. The summed E-state index contributed by atoms with van der Waals surface area (Å²) in [5.41, 5.74) is 0. The van der Waals surface area contributed by atoms with Gasteiger partial charge in [0.25, 0.3) is 0 Å². The van der Waals surface area contributed by atoms with E-state index in [0.29, 0.717) is 9.47 Å². The molecule has 1 fully saturated rings. The lowest BCUT2D eigenvalue weighted by Crippen LogP contribution is -2.57. The van der Waals surface area contributed by atoms with Gasteiger partial charge in [-0.25, -0.2) is 4.68 Å². The second kappa shape index (κ2) is 9.60. The third-order valence-corrected chi connectivity index (χ3v) is 5.65. The first-order valence-corrected chi connectivity index (χ1v) is 10.5. The van der Waals surface area contributed by atoms with Gasteiger partial charge in [0, 0.05) is 20.8 Å². The molecule has 0 bridgehead atoms. The van der Waals surface area contributed by atoms with E-state index in [1.54, 1.807) is 0 Å². The Morgan fingerprint density at radius 2 is 1.70 bits per heavy atom. The number of carbonyl (C=O) groups excluding carboxylic acids is 3. The van der Waals surface area contributed by atoms with E-state index in [0.717, 1.165) is 0 Å². The fourth-order valence-electron chi connectivity index (χ4n) is 2.51. The zero-order valence-corrected chi connectivity index (χ0v) is 19.8. The third kappa shape index (κ3) is 5.84. The molecule has 150 valence electrons. The van der Waals surface area contributed by atoms with Gasteiger partial charge in [-0.15, -0.1) is 5.10 Å². The van der Waals surface area contributed by atoms with Crippen molar-refractivity contribution in [3.05, 3.63) is 9.47 Å². The normalized spacial score (nSPS) is 27.7. The number of nitrogens with zero attached hydrogens (tertiary/aromatic N) is 3. The zero-order chi connectivity index (χ0) is 20.3. The van der Waals surface area contributed by atoms with E-state index >= 15 is 0 Å². The fourth-order valence-corrected chi connectivity index (χ4v) is 4.57. The van der Waals surface area contributed by atoms with E-state index in [-0.39, 0.29) is 6.61 Å². The van der Waals surface area contributed by atoms with Crippen molar-refractivity contribution in [3.63, 3.8) is 0 Å². The van der Waals surface area contributed by atoms with Crippen LogP contribution in [0.2, 0.25) is 0 Å².